The molecule has 146 valence electrons. The standard InChI is InChI=1S/C21H28FN3O2/c1-14-13-18(16-7-6-8-17(22)19(16)23-14)25-11-9-15(10-12-25)24(5)20(26)27-21(2,3)4/h6-8,13,15H,9-12H2,1-5H3. The molecule has 1 aliphatic rings. The predicted molar refractivity (Wildman–Crippen MR) is 106 cm³/mol. The molecule has 27 heavy (non-hydrogen) atoms. The van der Waals surface area contributed by atoms with E-state index < -0.39 is 5.60 Å². The lowest BCUT2D eigenvalue weighted by atomic mass is 10.0. The SMILES string of the molecule is Cc1cc(N2CCC(N(C)C(=O)OC(C)(C)C)CC2)c2cccc(F)c2n1. The lowest BCUT2D eigenvalue weighted by Crippen LogP contribution is -2.47. The number of hydrogen-bond donors (Lipinski definition) is 0. The number of ether oxygens (including phenoxy) is 1. The highest BCUT2D eigenvalue weighted by atomic mass is 19.1. The Hall–Kier alpha value is -2.37. The number of nitrogens with zero attached hydrogens (tertiary/aromatic N) is 3. The van der Waals surface area contributed by atoms with Crippen LogP contribution in [0.4, 0.5) is 14.9 Å². The van der Waals surface area contributed by atoms with E-state index in [4.69, 9.17) is 4.74 Å². The first-order chi connectivity index (χ1) is 12.7. The molecule has 1 aromatic carbocycles. The molecule has 0 bridgehead atoms. The van der Waals surface area contributed by atoms with Crippen LogP contribution >= 0.6 is 0 Å². The van der Waals surface area contributed by atoms with Crippen LogP contribution < -0.4 is 4.90 Å². The van der Waals surface area contributed by atoms with E-state index in [9.17, 15) is 9.18 Å². The average molecular weight is 373 g/mol. The van der Waals surface area contributed by atoms with Crippen LogP contribution in [0.3, 0.4) is 0 Å². The zero-order valence-corrected chi connectivity index (χ0v) is 16.8. The predicted octanol–water partition coefficient (Wildman–Crippen LogP) is 4.52. The summed E-state index contributed by atoms with van der Waals surface area (Å²) in [5.41, 5.74) is 1.73. The van der Waals surface area contributed by atoms with E-state index in [1.54, 1.807) is 18.0 Å². The number of para-hydroxylation sites is 1. The van der Waals surface area contributed by atoms with Crippen molar-refractivity contribution in [2.45, 2.75) is 52.2 Å². The minimum Gasteiger partial charge on any atom is -0.444 e. The zero-order chi connectivity index (χ0) is 19.8. The highest BCUT2D eigenvalue weighted by molar-refractivity contribution is 5.92. The molecule has 2 aromatic rings. The van der Waals surface area contributed by atoms with Gasteiger partial charge in [0, 0.05) is 42.9 Å². The summed E-state index contributed by atoms with van der Waals surface area (Å²) >= 11 is 0. The number of anilines is 1. The number of pyridine rings is 1. The fraction of sp³-hybridized carbons (Fsp3) is 0.524. The van der Waals surface area contributed by atoms with Crippen molar-refractivity contribution in [2.75, 3.05) is 25.0 Å². The number of rotatable bonds is 2. The summed E-state index contributed by atoms with van der Waals surface area (Å²) in [6, 6.07) is 7.24. The third-order valence-electron chi connectivity index (χ3n) is 4.93. The lowest BCUT2D eigenvalue weighted by Gasteiger charge is -2.38. The number of amides is 1. The quantitative estimate of drug-likeness (QED) is 0.777. The van der Waals surface area contributed by atoms with E-state index in [0.29, 0.717) is 5.52 Å². The zero-order valence-electron chi connectivity index (χ0n) is 16.8. The van der Waals surface area contributed by atoms with E-state index in [0.717, 1.165) is 42.7 Å². The number of aromatic nitrogens is 1. The van der Waals surface area contributed by atoms with Crippen LogP contribution in [0.5, 0.6) is 0 Å². The maximum Gasteiger partial charge on any atom is 0.410 e. The van der Waals surface area contributed by atoms with Crippen molar-refractivity contribution >= 4 is 22.7 Å². The van der Waals surface area contributed by atoms with Crippen LogP contribution in [0.2, 0.25) is 0 Å². The number of hydrogen-bond acceptors (Lipinski definition) is 4. The van der Waals surface area contributed by atoms with Crippen LogP contribution in [0.1, 0.15) is 39.3 Å². The number of carbonyl (C=O) groups is 1. The second-order valence-electron chi connectivity index (χ2n) is 8.23. The highest BCUT2D eigenvalue weighted by Gasteiger charge is 2.29. The van der Waals surface area contributed by atoms with Crippen molar-refractivity contribution in [1.82, 2.24) is 9.88 Å². The van der Waals surface area contributed by atoms with Crippen molar-refractivity contribution in [1.29, 1.82) is 0 Å². The summed E-state index contributed by atoms with van der Waals surface area (Å²) in [6.07, 6.45) is 1.40. The first-order valence-electron chi connectivity index (χ1n) is 9.42. The summed E-state index contributed by atoms with van der Waals surface area (Å²) in [4.78, 5) is 20.6. The van der Waals surface area contributed by atoms with Gasteiger partial charge in [0.1, 0.15) is 16.9 Å². The second kappa shape index (κ2) is 7.33. The number of carbonyl (C=O) groups excluding carboxylic acids is 1. The highest BCUT2D eigenvalue weighted by Crippen LogP contribution is 2.31. The van der Waals surface area contributed by atoms with Crippen molar-refractivity contribution in [2.24, 2.45) is 0 Å². The van der Waals surface area contributed by atoms with Gasteiger partial charge in [-0.25, -0.2) is 14.2 Å². The summed E-state index contributed by atoms with van der Waals surface area (Å²) in [7, 11) is 1.80. The smallest absolute Gasteiger partial charge is 0.410 e. The first kappa shape index (κ1) is 19.4. The van der Waals surface area contributed by atoms with Crippen LogP contribution in [0, 0.1) is 12.7 Å². The molecule has 6 heteroatoms. The van der Waals surface area contributed by atoms with Gasteiger partial charge >= 0.3 is 6.09 Å². The van der Waals surface area contributed by atoms with Crippen LogP contribution in [-0.2, 0) is 4.74 Å². The number of benzene rings is 1. The van der Waals surface area contributed by atoms with Gasteiger partial charge in [0.2, 0.25) is 0 Å². The van der Waals surface area contributed by atoms with Gasteiger partial charge in [0.15, 0.2) is 0 Å². The maximum atomic E-state index is 14.2. The van der Waals surface area contributed by atoms with Crippen LogP contribution in [0.25, 0.3) is 10.9 Å². The number of halogens is 1. The minimum atomic E-state index is -0.496. The van der Waals surface area contributed by atoms with Crippen molar-refractivity contribution in [3.05, 3.63) is 35.8 Å². The Morgan fingerprint density at radius 1 is 1.30 bits per heavy atom. The van der Waals surface area contributed by atoms with E-state index in [1.165, 1.54) is 6.07 Å². The normalized spacial score (nSPS) is 15.9. The van der Waals surface area contributed by atoms with E-state index >= 15 is 0 Å². The van der Waals surface area contributed by atoms with Crippen molar-refractivity contribution in [3.63, 3.8) is 0 Å². The van der Waals surface area contributed by atoms with E-state index in [2.05, 4.69) is 9.88 Å². The molecule has 5 nitrogen and oxygen atoms in total. The Morgan fingerprint density at radius 3 is 2.59 bits per heavy atom. The van der Waals surface area contributed by atoms with E-state index in [1.807, 2.05) is 39.8 Å². The van der Waals surface area contributed by atoms with Crippen LogP contribution in [0.15, 0.2) is 24.3 Å². The maximum absolute atomic E-state index is 14.2. The first-order valence-corrected chi connectivity index (χ1v) is 9.42. The Labute approximate surface area is 160 Å². The molecule has 1 fully saturated rings. The van der Waals surface area contributed by atoms with Gasteiger partial charge in [-0.05, 0) is 52.7 Å². The Bertz CT molecular complexity index is 839. The summed E-state index contributed by atoms with van der Waals surface area (Å²) in [5, 5.41) is 0.833. The average Bonchev–Trinajstić information content (AvgIpc) is 2.60. The van der Waals surface area contributed by atoms with Gasteiger partial charge in [0.05, 0.1) is 0 Å². The molecule has 1 aromatic heterocycles. The molecule has 0 N–H and O–H groups in total. The molecule has 0 aliphatic carbocycles. The molecular formula is C21H28FN3O2. The topological polar surface area (TPSA) is 45.7 Å². The number of aryl methyl sites for hydroxylation is 1. The van der Waals surface area contributed by atoms with Gasteiger partial charge in [0.25, 0.3) is 0 Å². The Kier molecular flexibility index (Phi) is 5.27. The minimum absolute atomic E-state index is 0.141. The monoisotopic (exact) mass is 373 g/mol. The molecule has 0 spiro atoms. The summed E-state index contributed by atoms with van der Waals surface area (Å²) in [5.74, 6) is -0.294. The molecule has 0 unspecified atom stereocenters. The molecule has 0 atom stereocenters. The molecule has 1 amide bonds. The van der Waals surface area contributed by atoms with Gasteiger partial charge in [-0.15, -0.1) is 0 Å². The summed E-state index contributed by atoms with van der Waals surface area (Å²) < 4.78 is 19.6. The fourth-order valence-corrected chi connectivity index (χ4v) is 3.56. The molecule has 1 saturated heterocycles. The lowest BCUT2D eigenvalue weighted by molar-refractivity contribution is 0.0201. The molecule has 3 rings (SSSR count). The third-order valence-corrected chi connectivity index (χ3v) is 4.93. The largest absolute Gasteiger partial charge is 0.444 e. The summed E-state index contributed by atoms with van der Waals surface area (Å²) in [6.45, 7) is 9.10. The fourth-order valence-electron chi connectivity index (χ4n) is 3.56. The van der Waals surface area contributed by atoms with E-state index in [-0.39, 0.29) is 18.0 Å². The van der Waals surface area contributed by atoms with Gasteiger partial charge in [-0.2, -0.15) is 0 Å². The van der Waals surface area contributed by atoms with Crippen LogP contribution in [-0.4, -0.2) is 47.8 Å². The molecular weight excluding hydrogens is 345 g/mol. The van der Waals surface area contributed by atoms with Crippen molar-refractivity contribution < 1.29 is 13.9 Å². The van der Waals surface area contributed by atoms with Gasteiger partial charge in [-0.1, -0.05) is 12.1 Å². The van der Waals surface area contributed by atoms with Gasteiger partial charge < -0.3 is 14.5 Å². The third kappa shape index (κ3) is 4.31. The molecule has 0 saturated carbocycles. The Morgan fingerprint density at radius 2 is 1.96 bits per heavy atom. The number of fused-ring (bicyclic) bond motifs is 1. The Balaban J connectivity index is 1.74. The van der Waals surface area contributed by atoms with Crippen molar-refractivity contribution in [3.8, 4) is 0 Å². The van der Waals surface area contributed by atoms with Gasteiger partial charge in [-0.3, -0.25) is 0 Å². The molecule has 1 aliphatic heterocycles. The molecule has 0 radical (unpaired) electrons. The second-order valence-corrected chi connectivity index (χ2v) is 8.23. The number of piperidine rings is 1. The molecule has 2 heterocycles.